The van der Waals surface area contributed by atoms with E-state index in [1.165, 1.54) is 16.6 Å². The van der Waals surface area contributed by atoms with Gasteiger partial charge in [-0.3, -0.25) is 9.78 Å². The van der Waals surface area contributed by atoms with Gasteiger partial charge in [0.25, 0.3) is 0 Å². The highest BCUT2D eigenvalue weighted by Crippen LogP contribution is 2.34. The van der Waals surface area contributed by atoms with Gasteiger partial charge in [0.05, 0.1) is 11.2 Å². The number of nitrogens with one attached hydrogen (secondary N) is 1. The standard InChI is InChI=1S/C17H20BrN3O/c1-10-11(2)19-16-5-4-13(18)8-15(16)17(10)21-7-6-14(9-21)20-12(3)22/h4-5,8,14H,6-7,9H2,1-3H3,(H,20,22). The van der Waals surface area contributed by atoms with Crippen molar-refractivity contribution in [2.75, 3.05) is 18.0 Å². The van der Waals surface area contributed by atoms with E-state index in [0.717, 1.165) is 35.2 Å². The van der Waals surface area contributed by atoms with Gasteiger partial charge in [0.1, 0.15) is 0 Å². The van der Waals surface area contributed by atoms with Gasteiger partial charge in [-0.25, -0.2) is 0 Å². The number of amides is 1. The molecule has 1 atom stereocenters. The van der Waals surface area contributed by atoms with Crippen LogP contribution in [0, 0.1) is 13.8 Å². The minimum Gasteiger partial charge on any atom is -0.369 e. The third-order valence-corrected chi connectivity index (χ3v) is 4.80. The van der Waals surface area contributed by atoms with E-state index in [1.807, 2.05) is 6.07 Å². The summed E-state index contributed by atoms with van der Waals surface area (Å²) in [6.45, 7) is 7.57. The summed E-state index contributed by atoms with van der Waals surface area (Å²) >= 11 is 3.56. The fraction of sp³-hybridized carbons (Fsp3) is 0.412. The second kappa shape index (κ2) is 5.88. The summed E-state index contributed by atoms with van der Waals surface area (Å²) < 4.78 is 1.06. The normalized spacial score (nSPS) is 18.0. The number of carbonyl (C=O) groups excluding carboxylic acids is 1. The number of nitrogens with zero attached hydrogens (tertiary/aromatic N) is 2. The molecule has 2 heterocycles. The zero-order chi connectivity index (χ0) is 15.9. The lowest BCUT2D eigenvalue weighted by Gasteiger charge is -2.24. The molecular formula is C17H20BrN3O. The smallest absolute Gasteiger partial charge is 0.217 e. The Morgan fingerprint density at radius 1 is 1.41 bits per heavy atom. The summed E-state index contributed by atoms with van der Waals surface area (Å²) in [6.07, 6.45) is 0.982. The first-order chi connectivity index (χ1) is 10.5. The minimum atomic E-state index is 0.0436. The van der Waals surface area contributed by atoms with Gasteiger partial charge in [0.2, 0.25) is 5.91 Å². The van der Waals surface area contributed by atoms with E-state index < -0.39 is 0 Å². The van der Waals surface area contributed by atoms with Gasteiger partial charge in [-0.05, 0) is 44.0 Å². The Hall–Kier alpha value is -1.62. The third-order valence-electron chi connectivity index (χ3n) is 4.31. The van der Waals surface area contributed by atoms with Crippen LogP contribution in [0.4, 0.5) is 5.69 Å². The highest BCUT2D eigenvalue weighted by molar-refractivity contribution is 9.10. The lowest BCUT2D eigenvalue weighted by molar-refractivity contribution is -0.119. The molecule has 1 unspecified atom stereocenters. The molecule has 116 valence electrons. The summed E-state index contributed by atoms with van der Waals surface area (Å²) in [7, 11) is 0. The van der Waals surface area contributed by atoms with Crippen molar-refractivity contribution in [3.05, 3.63) is 33.9 Å². The Labute approximate surface area is 139 Å². The number of rotatable bonds is 2. The lowest BCUT2D eigenvalue weighted by Crippen LogP contribution is -2.35. The van der Waals surface area contributed by atoms with Gasteiger partial charge in [-0.15, -0.1) is 0 Å². The van der Waals surface area contributed by atoms with Crippen LogP contribution in [-0.4, -0.2) is 30.0 Å². The van der Waals surface area contributed by atoms with E-state index in [2.05, 4.69) is 52.1 Å². The van der Waals surface area contributed by atoms with E-state index in [9.17, 15) is 4.79 Å². The van der Waals surface area contributed by atoms with E-state index >= 15 is 0 Å². The molecule has 0 spiro atoms. The Kier molecular flexibility index (Phi) is 4.08. The van der Waals surface area contributed by atoms with Gasteiger partial charge in [-0.1, -0.05) is 15.9 Å². The molecule has 0 bridgehead atoms. The van der Waals surface area contributed by atoms with E-state index in [1.54, 1.807) is 6.92 Å². The van der Waals surface area contributed by atoms with Gasteiger partial charge >= 0.3 is 0 Å². The predicted octanol–water partition coefficient (Wildman–Crippen LogP) is 3.33. The van der Waals surface area contributed by atoms with Crippen LogP contribution in [-0.2, 0) is 4.79 Å². The first kappa shape index (κ1) is 15.3. The molecule has 1 N–H and O–H groups in total. The van der Waals surface area contributed by atoms with Crippen molar-refractivity contribution in [2.45, 2.75) is 33.2 Å². The second-order valence-corrected chi connectivity index (χ2v) is 6.88. The molecule has 3 rings (SSSR count). The zero-order valence-corrected chi connectivity index (χ0v) is 14.7. The number of benzene rings is 1. The van der Waals surface area contributed by atoms with E-state index in [4.69, 9.17) is 4.98 Å². The fourth-order valence-corrected chi connectivity index (χ4v) is 3.57. The molecule has 2 aromatic rings. The van der Waals surface area contributed by atoms with E-state index in [-0.39, 0.29) is 11.9 Å². The summed E-state index contributed by atoms with van der Waals surface area (Å²) in [6, 6.07) is 6.44. The molecule has 1 fully saturated rings. The van der Waals surface area contributed by atoms with Crippen molar-refractivity contribution in [3.8, 4) is 0 Å². The quantitative estimate of drug-likeness (QED) is 0.892. The van der Waals surface area contributed by atoms with Crippen LogP contribution >= 0.6 is 15.9 Å². The second-order valence-electron chi connectivity index (χ2n) is 5.96. The number of fused-ring (bicyclic) bond motifs is 1. The topological polar surface area (TPSA) is 45.2 Å². The molecule has 1 aliphatic rings. The average Bonchev–Trinajstić information content (AvgIpc) is 2.88. The molecular weight excluding hydrogens is 342 g/mol. The molecule has 0 aliphatic carbocycles. The number of aryl methyl sites for hydroxylation is 1. The molecule has 1 aromatic heterocycles. The van der Waals surface area contributed by atoms with Gasteiger partial charge in [0.15, 0.2) is 0 Å². The summed E-state index contributed by atoms with van der Waals surface area (Å²) in [4.78, 5) is 18.3. The third kappa shape index (κ3) is 2.82. The summed E-state index contributed by atoms with van der Waals surface area (Å²) in [5.41, 5.74) is 4.54. The van der Waals surface area contributed by atoms with Crippen LogP contribution in [0.3, 0.4) is 0 Å². The summed E-state index contributed by atoms with van der Waals surface area (Å²) in [5.74, 6) is 0.0436. The van der Waals surface area contributed by atoms with Gasteiger partial charge in [0, 0.05) is 41.6 Å². The van der Waals surface area contributed by atoms with Crippen molar-refractivity contribution in [3.63, 3.8) is 0 Å². The molecule has 1 aromatic carbocycles. The largest absolute Gasteiger partial charge is 0.369 e. The number of pyridine rings is 1. The first-order valence-corrected chi connectivity index (χ1v) is 8.33. The Balaban J connectivity index is 2.04. The highest BCUT2D eigenvalue weighted by atomic mass is 79.9. The molecule has 1 saturated heterocycles. The molecule has 1 aliphatic heterocycles. The predicted molar refractivity (Wildman–Crippen MR) is 93.4 cm³/mol. The maximum absolute atomic E-state index is 11.3. The molecule has 22 heavy (non-hydrogen) atoms. The molecule has 0 radical (unpaired) electrons. The SMILES string of the molecule is CC(=O)NC1CCN(c2c(C)c(C)nc3ccc(Br)cc23)C1. The van der Waals surface area contributed by atoms with Crippen LogP contribution in [0.1, 0.15) is 24.6 Å². The molecule has 0 saturated carbocycles. The Bertz CT molecular complexity index is 744. The molecule has 5 heteroatoms. The van der Waals surface area contributed by atoms with Crippen LogP contribution in [0.5, 0.6) is 0 Å². The minimum absolute atomic E-state index is 0.0436. The average molecular weight is 362 g/mol. The van der Waals surface area contributed by atoms with Crippen LogP contribution in [0.15, 0.2) is 22.7 Å². The van der Waals surface area contributed by atoms with Crippen LogP contribution in [0.25, 0.3) is 10.9 Å². The number of halogens is 1. The number of hydrogen-bond donors (Lipinski definition) is 1. The van der Waals surface area contributed by atoms with Crippen molar-refractivity contribution in [1.82, 2.24) is 10.3 Å². The van der Waals surface area contributed by atoms with E-state index in [0.29, 0.717) is 0 Å². The number of hydrogen-bond acceptors (Lipinski definition) is 3. The molecule has 4 nitrogen and oxygen atoms in total. The highest BCUT2D eigenvalue weighted by Gasteiger charge is 2.26. The van der Waals surface area contributed by atoms with Crippen molar-refractivity contribution >= 4 is 38.4 Å². The Morgan fingerprint density at radius 2 is 2.18 bits per heavy atom. The number of aromatic nitrogens is 1. The number of anilines is 1. The van der Waals surface area contributed by atoms with Crippen LogP contribution in [0.2, 0.25) is 0 Å². The molecule has 1 amide bonds. The van der Waals surface area contributed by atoms with Crippen molar-refractivity contribution < 1.29 is 4.79 Å². The first-order valence-electron chi connectivity index (χ1n) is 7.54. The zero-order valence-electron chi connectivity index (χ0n) is 13.1. The Morgan fingerprint density at radius 3 is 2.91 bits per heavy atom. The van der Waals surface area contributed by atoms with Crippen LogP contribution < -0.4 is 10.2 Å². The summed E-state index contributed by atoms with van der Waals surface area (Å²) in [5, 5.41) is 4.20. The van der Waals surface area contributed by atoms with Gasteiger partial charge in [-0.2, -0.15) is 0 Å². The fourth-order valence-electron chi connectivity index (χ4n) is 3.21. The monoisotopic (exact) mass is 361 g/mol. The van der Waals surface area contributed by atoms with Crippen molar-refractivity contribution in [2.24, 2.45) is 0 Å². The van der Waals surface area contributed by atoms with Crippen molar-refractivity contribution in [1.29, 1.82) is 0 Å². The maximum atomic E-state index is 11.3. The lowest BCUT2D eigenvalue weighted by atomic mass is 10.1. The van der Waals surface area contributed by atoms with Gasteiger partial charge < -0.3 is 10.2 Å². The number of carbonyl (C=O) groups is 1. The maximum Gasteiger partial charge on any atom is 0.217 e.